The highest BCUT2D eigenvalue weighted by atomic mass is 16.5. The van der Waals surface area contributed by atoms with Crippen molar-refractivity contribution in [3.05, 3.63) is 0 Å². The van der Waals surface area contributed by atoms with Gasteiger partial charge in [-0.2, -0.15) is 0 Å². The molecule has 1 atom stereocenters. The van der Waals surface area contributed by atoms with Gasteiger partial charge in [0, 0.05) is 19.7 Å². The maximum Gasteiger partial charge on any atom is 0.0897 e. The van der Waals surface area contributed by atoms with E-state index in [0.717, 1.165) is 44.4 Å². The first-order chi connectivity index (χ1) is 9.74. The largest absolute Gasteiger partial charge is 0.389 e. The lowest BCUT2D eigenvalue weighted by Crippen LogP contribution is -2.34. The highest BCUT2D eigenvalue weighted by Gasteiger charge is 2.21. The third kappa shape index (κ3) is 7.02. The SMILES string of the molecule is CC1CCC(OCC(O)CNCCOCC2CC2)CC1. The lowest BCUT2D eigenvalue weighted by Gasteiger charge is -2.27. The molecule has 2 N–H and O–H groups in total. The van der Waals surface area contributed by atoms with Gasteiger partial charge in [0.2, 0.25) is 0 Å². The maximum atomic E-state index is 9.86. The van der Waals surface area contributed by atoms with Crippen molar-refractivity contribution >= 4 is 0 Å². The Bertz CT molecular complexity index is 250. The minimum atomic E-state index is -0.405. The zero-order chi connectivity index (χ0) is 14.2. The van der Waals surface area contributed by atoms with E-state index in [-0.39, 0.29) is 0 Å². The van der Waals surface area contributed by atoms with Crippen LogP contribution in [0.2, 0.25) is 0 Å². The van der Waals surface area contributed by atoms with Gasteiger partial charge in [0.05, 0.1) is 25.4 Å². The molecule has 0 aromatic heterocycles. The van der Waals surface area contributed by atoms with Crippen LogP contribution in [-0.2, 0) is 9.47 Å². The second-order valence-corrected chi connectivity index (χ2v) is 6.59. The normalized spacial score (nSPS) is 28.5. The fraction of sp³-hybridized carbons (Fsp3) is 1.00. The number of nitrogens with one attached hydrogen (secondary N) is 1. The van der Waals surface area contributed by atoms with E-state index in [1.54, 1.807) is 0 Å². The van der Waals surface area contributed by atoms with Gasteiger partial charge in [-0.25, -0.2) is 0 Å². The molecule has 0 saturated heterocycles. The van der Waals surface area contributed by atoms with Gasteiger partial charge in [0.1, 0.15) is 0 Å². The summed E-state index contributed by atoms with van der Waals surface area (Å²) in [5, 5.41) is 13.1. The summed E-state index contributed by atoms with van der Waals surface area (Å²) in [5.74, 6) is 1.67. The lowest BCUT2D eigenvalue weighted by molar-refractivity contribution is -0.0281. The van der Waals surface area contributed by atoms with Crippen LogP contribution in [0, 0.1) is 11.8 Å². The van der Waals surface area contributed by atoms with Gasteiger partial charge in [-0.3, -0.25) is 0 Å². The molecule has 0 spiro atoms. The van der Waals surface area contributed by atoms with Crippen molar-refractivity contribution in [3.8, 4) is 0 Å². The van der Waals surface area contributed by atoms with E-state index >= 15 is 0 Å². The summed E-state index contributed by atoms with van der Waals surface area (Å²) in [7, 11) is 0. The zero-order valence-corrected chi connectivity index (χ0v) is 12.9. The van der Waals surface area contributed by atoms with Crippen LogP contribution in [0.3, 0.4) is 0 Å². The van der Waals surface area contributed by atoms with Gasteiger partial charge < -0.3 is 19.9 Å². The minimum absolute atomic E-state index is 0.364. The number of ether oxygens (including phenoxy) is 2. The Morgan fingerprint density at radius 3 is 2.60 bits per heavy atom. The molecule has 0 heterocycles. The van der Waals surface area contributed by atoms with Crippen LogP contribution in [0.15, 0.2) is 0 Å². The fourth-order valence-corrected chi connectivity index (χ4v) is 2.65. The minimum Gasteiger partial charge on any atom is -0.389 e. The van der Waals surface area contributed by atoms with Crippen molar-refractivity contribution in [2.24, 2.45) is 11.8 Å². The molecule has 0 aromatic carbocycles. The van der Waals surface area contributed by atoms with Gasteiger partial charge in [-0.05, 0) is 50.4 Å². The van der Waals surface area contributed by atoms with Crippen molar-refractivity contribution in [1.29, 1.82) is 0 Å². The third-order valence-corrected chi connectivity index (χ3v) is 4.34. The molecule has 2 rings (SSSR count). The van der Waals surface area contributed by atoms with E-state index in [1.807, 2.05) is 0 Å². The molecule has 0 radical (unpaired) electrons. The van der Waals surface area contributed by atoms with Crippen LogP contribution >= 0.6 is 0 Å². The Labute approximate surface area is 123 Å². The number of hydrogen-bond acceptors (Lipinski definition) is 4. The van der Waals surface area contributed by atoms with Gasteiger partial charge in [-0.1, -0.05) is 6.92 Å². The van der Waals surface area contributed by atoms with E-state index in [2.05, 4.69) is 12.2 Å². The van der Waals surface area contributed by atoms with Crippen molar-refractivity contribution < 1.29 is 14.6 Å². The smallest absolute Gasteiger partial charge is 0.0897 e. The van der Waals surface area contributed by atoms with Gasteiger partial charge in [0.25, 0.3) is 0 Å². The first-order valence-electron chi connectivity index (χ1n) is 8.32. The molecular weight excluding hydrogens is 254 g/mol. The molecule has 20 heavy (non-hydrogen) atoms. The van der Waals surface area contributed by atoms with Crippen molar-refractivity contribution in [2.75, 3.05) is 32.9 Å². The molecule has 2 aliphatic carbocycles. The Morgan fingerprint density at radius 1 is 1.15 bits per heavy atom. The van der Waals surface area contributed by atoms with Crippen LogP contribution in [0.1, 0.15) is 45.4 Å². The Kier molecular flexibility index (Phi) is 7.28. The van der Waals surface area contributed by atoms with E-state index < -0.39 is 6.10 Å². The second-order valence-electron chi connectivity index (χ2n) is 6.59. The van der Waals surface area contributed by atoms with Crippen LogP contribution in [0.25, 0.3) is 0 Å². The first kappa shape index (κ1) is 16.2. The molecule has 0 aromatic rings. The van der Waals surface area contributed by atoms with E-state index in [0.29, 0.717) is 19.3 Å². The van der Waals surface area contributed by atoms with Crippen LogP contribution in [0.4, 0.5) is 0 Å². The van der Waals surface area contributed by atoms with Gasteiger partial charge in [0.15, 0.2) is 0 Å². The standard InChI is InChI=1S/C16H31NO3/c1-13-2-6-16(7-3-13)20-12-15(18)10-17-8-9-19-11-14-4-5-14/h13-18H,2-12H2,1H3. The molecule has 2 aliphatic rings. The summed E-state index contributed by atoms with van der Waals surface area (Å²) in [6.45, 7) is 5.81. The predicted molar refractivity (Wildman–Crippen MR) is 79.8 cm³/mol. The van der Waals surface area contributed by atoms with Crippen molar-refractivity contribution in [1.82, 2.24) is 5.32 Å². The summed E-state index contributed by atoms with van der Waals surface area (Å²) in [4.78, 5) is 0. The molecule has 0 bridgehead atoms. The summed E-state index contributed by atoms with van der Waals surface area (Å²) in [6.07, 6.45) is 7.45. The molecule has 118 valence electrons. The highest BCUT2D eigenvalue weighted by molar-refractivity contribution is 4.72. The molecule has 2 fully saturated rings. The maximum absolute atomic E-state index is 9.86. The Hall–Kier alpha value is -0.160. The molecular formula is C16H31NO3. The summed E-state index contributed by atoms with van der Waals surface area (Å²) in [6, 6.07) is 0. The van der Waals surface area contributed by atoms with E-state index in [9.17, 15) is 5.11 Å². The molecule has 0 amide bonds. The lowest BCUT2D eigenvalue weighted by atomic mass is 9.89. The number of aliphatic hydroxyl groups is 1. The number of rotatable bonds is 10. The average molecular weight is 285 g/mol. The van der Waals surface area contributed by atoms with Crippen LogP contribution in [0.5, 0.6) is 0 Å². The Morgan fingerprint density at radius 2 is 1.90 bits per heavy atom. The monoisotopic (exact) mass is 285 g/mol. The summed E-state index contributed by atoms with van der Waals surface area (Å²) in [5.41, 5.74) is 0. The second kappa shape index (κ2) is 8.98. The van der Waals surface area contributed by atoms with E-state index in [1.165, 1.54) is 25.7 Å². The first-order valence-corrected chi connectivity index (χ1v) is 8.32. The topological polar surface area (TPSA) is 50.7 Å². The molecule has 4 heteroatoms. The molecule has 2 saturated carbocycles. The van der Waals surface area contributed by atoms with Gasteiger partial charge in [-0.15, -0.1) is 0 Å². The number of aliphatic hydroxyl groups excluding tert-OH is 1. The molecule has 4 nitrogen and oxygen atoms in total. The summed E-state index contributed by atoms with van der Waals surface area (Å²) >= 11 is 0. The molecule has 0 aliphatic heterocycles. The van der Waals surface area contributed by atoms with Crippen LogP contribution in [-0.4, -0.2) is 50.2 Å². The molecule has 1 unspecified atom stereocenters. The van der Waals surface area contributed by atoms with Gasteiger partial charge >= 0.3 is 0 Å². The van der Waals surface area contributed by atoms with E-state index in [4.69, 9.17) is 9.47 Å². The summed E-state index contributed by atoms with van der Waals surface area (Å²) < 4.78 is 11.3. The highest BCUT2D eigenvalue weighted by Crippen LogP contribution is 2.28. The van der Waals surface area contributed by atoms with Crippen LogP contribution < -0.4 is 5.32 Å². The number of hydrogen-bond donors (Lipinski definition) is 2. The van der Waals surface area contributed by atoms with Crippen molar-refractivity contribution in [3.63, 3.8) is 0 Å². The fourth-order valence-electron chi connectivity index (χ4n) is 2.65. The zero-order valence-electron chi connectivity index (χ0n) is 12.9. The predicted octanol–water partition coefficient (Wildman–Crippen LogP) is 1.96. The van der Waals surface area contributed by atoms with Crippen molar-refractivity contribution in [2.45, 2.75) is 57.7 Å². The Balaban J connectivity index is 1.38. The average Bonchev–Trinajstić information content (AvgIpc) is 3.26. The quantitative estimate of drug-likeness (QED) is 0.603. The third-order valence-electron chi connectivity index (χ3n) is 4.34.